The van der Waals surface area contributed by atoms with E-state index in [-0.39, 0.29) is 17.0 Å². The van der Waals surface area contributed by atoms with Gasteiger partial charge in [-0.1, -0.05) is 5.75 Å². The van der Waals surface area contributed by atoms with Crippen LogP contribution in [0.25, 0.3) is 0 Å². The fourth-order valence-corrected chi connectivity index (χ4v) is 1.40. The summed E-state index contributed by atoms with van der Waals surface area (Å²) in [7, 11) is -2.37. The number of nitro groups is 1. The molecule has 1 N–H and O–H groups in total. The Morgan fingerprint density at radius 3 is 2.58 bits per heavy atom. The van der Waals surface area contributed by atoms with E-state index < -0.39 is 20.7 Å². The number of sulfonamides is 1. The molecule has 1 aromatic carbocycles. The zero-order chi connectivity index (χ0) is 14.6. The van der Waals surface area contributed by atoms with Gasteiger partial charge in [-0.2, -0.15) is 5.10 Å². The number of hydrazone groups is 1. The highest BCUT2D eigenvalue weighted by molar-refractivity contribution is 7.88. The normalized spacial score (nSPS) is 11.5. The maximum atomic E-state index is 11.7. The SMILES string of the molecule is COc1cc([N+](=O)[O-])cc(/C=N\NS(C)(=O)=O)c1[O-]. The van der Waals surface area contributed by atoms with Crippen LogP contribution in [0.1, 0.15) is 5.56 Å². The first kappa shape index (κ1) is 14.7. The minimum absolute atomic E-state index is 0.165. The number of non-ortho nitro benzene ring substituents is 1. The molecule has 0 aliphatic rings. The van der Waals surface area contributed by atoms with Crippen molar-refractivity contribution in [1.29, 1.82) is 0 Å². The molecule has 1 aromatic rings. The monoisotopic (exact) mass is 288 g/mol. The quantitative estimate of drug-likeness (QED) is 0.443. The first-order valence-electron chi connectivity index (χ1n) is 4.78. The number of nitro benzene ring substituents is 1. The summed E-state index contributed by atoms with van der Waals surface area (Å²) in [5, 5.41) is 25.7. The van der Waals surface area contributed by atoms with E-state index >= 15 is 0 Å². The van der Waals surface area contributed by atoms with Gasteiger partial charge in [0.15, 0.2) is 0 Å². The molecule has 19 heavy (non-hydrogen) atoms. The summed E-state index contributed by atoms with van der Waals surface area (Å²) in [4.78, 5) is 11.7. The second-order valence-corrected chi connectivity index (χ2v) is 5.17. The van der Waals surface area contributed by atoms with Gasteiger partial charge in [0.1, 0.15) is 5.75 Å². The van der Waals surface area contributed by atoms with Crippen LogP contribution in [0.5, 0.6) is 11.5 Å². The van der Waals surface area contributed by atoms with E-state index in [1.807, 2.05) is 0 Å². The first-order valence-corrected chi connectivity index (χ1v) is 6.67. The highest BCUT2D eigenvalue weighted by atomic mass is 32.2. The maximum absolute atomic E-state index is 11.7. The Morgan fingerprint density at radius 2 is 2.11 bits per heavy atom. The fraction of sp³-hybridized carbons (Fsp3) is 0.222. The van der Waals surface area contributed by atoms with Crippen molar-refractivity contribution in [2.75, 3.05) is 13.4 Å². The standard InChI is InChI=1S/C9H11N3O6S/c1-18-8-4-7(12(14)15)3-6(9(8)13)5-10-11-19(2,16)17/h3-5,11,13H,1-2H3/p-1/b10-5-. The summed E-state index contributed by atoms with van der Waals surface area (Å²) < 4.78 is 26.2. The topological polar surface area (TPSA) is 134 Å². The Hall–Kier alpha value is -2.36. The van der Waals surface area contributed by atoms with Gasteiger partial charge in [-0.25, -0.2) is 13.2 Å². The summed E-state index contributed by atoms with van der Waals surface area (Å²) >= 11 is 0. The van der Waals surface area contributed by atoms with Crippen LogP contribution in [0, 0.1) is 10.1 Å². The van der Waals surface area contributed by atoms with E-state index in [4.69, 9.17) is 4.74 Å². The molecule has 0 saturated carbocycles. The second-order valence-electron chi connectivity index (χ2n) is 3.45. The number of rotatable bonds is 5. The van der Waals surface area contributed by atoms with Crippen molar-refractivity contribution < 1.29 is 23.2 Å². The highest BCUT2D eigenvalue weighted by Crippen LogP contribution is 2.31. The Bertz CT molecular complexity index is 625. The number of hydrogen-bond donors (Lipinski definition) is 1. The number of hydrogen-bond acceptors (Lipinski definition) is 7. The predicted molar refractivity (Wildman–Crippen MR) is 64.7 cm³/mol. The van der Waals surface area contributed by atoms with Gasteiger partial charge >= 0.3 is 0 Å². The Balaban J connectivity index is 3.19. The van der Waals surface area contributed by atoms with Gasteiger partial charge in [0.25, 0.3) is 5.69 Å². The molecule has 0 amide bonds. The summed E-state index contributed by atoms with van der Waals surface area (Å²) in [5.74, 6) is -0.859. The van der Waals surface area contributed by atoms with Crippen LogP contribution >= 0.6 is 0 Å². The van der Waals surface area contributed by atoms with E-state index in [1.165, 1.54) is 7.11 Å². The molecule has 0 fully saturated rings. The molecule has 0 bridgehead atoms. The third kappa shape index (κ3) is 4.10. The van der Waals surface area contributed by atoms with Crippen LogP contribution in [-0.4, -0.2) is 32.9 Å². The summed E-state index contributed by atoms with van der Waals surface area (Å²) in [6.45, 7) is 0. The van der Waals surface area contributed by atoms with E-state index in [2.05, 4.69) is 5.10 Å². The van der Waals surface area contributed by atoms with Crippen LogP contribution in [0.2, 0.25) is 0 Å². The number of ether oxygens (including phenoxy) is 1. The molecule has 0 unspecified atom stereocenters. The number of methoxy groups -OCH3 is 1. The van der Waals surface area contributed by atoms with Crippen LogP contribution in [0.3, 0.4) is 0 Å². The number of nitrogens with zero attached hydrogens (tertiary/aromatic N) is 2. The van der Waals surface area contributed by atoms with E-state index in [9.17, 15) is 23.6 Å². The lowest BCUT2D eigenvalue weighted by atomic mass is 10.2. The molecule has 10 heteroatoms. The molecule has 0 aliphatic heterocycles. The lowest BCUT2D eigenvalue weighted by Crippen LogP contribution is -2.15. The maximum Gasteiger partial charge on any atom is 0.273 e. The molecule has 104 valence electrons. The van der Waals surface area contributed by atoms with Crippen LogP contribution < -0.4 is 14.7 Å². The smallest absolute Gasteiger partial charge is 0.273 e. The van der Waals surface area contributed by atoms with Gasteiger partial charge in [0, 0.05) is 6.07 Å². The molecule has 9 nitrogen and oxygen atoms in total. The van der Waals surface area contributed by atoms with Crippen LogP contribution in [0.4, 0.5) is 5.69 Å². The molecule has 0 heterocycles. The van der Waals surface area contributed by atoms with Crippen molar-refractivity contribution in [2.45, 2.75) is 0 Å². The van der Waals surface area contributed by atoms with E-state index in [0.717, 1.165) is 24.6 Å². The number of benzene rings is 1. The van der Waals surface area contributed by atoms with Crippen molar-refractivity contribution in [3.8, 4) is 11.5 Å². The molecular formula is C9H10N3O6S-. The van der Waals surface area contributed by atoms with E-state index in [1.54, 1.807) is 4.83 Å². The molecular weight excluding hydrogens is 278 g/mol. The lowest BCUT2D eigenvalue weighted by molar-refractivity contribution is -0.385. The van der Waals surface area contributed by atoms with Gasteiger partial charge in [0.05, 0.1) is 30.6 Å². The van der Waals surface area contributed by atoms with Gasteiger partial charge in [-0.15, -0.1) is 0 Å². The average molecular weight is 288 g/mol. The third-order valence-corrected chi connectivity index (χ3v) is 2.36. The minimum Gasteiger partial charge on any atom is -0.870 e. The van der Waals surface area contributed by atoms with Crippen molar-refractivity contribution in [3.63, 3.8) is 0 Å². The second kappa shape index (κ2) is 5.52. The average Bonchev–Trinajstić information content (AvgIpc) is 2.29. The molecule has 1 rings (SSSR count). The van der Waals surface area contributed by atoms with Crippen molar-refractivity contribution in [3.05, 3.63) is 27.8 Å². The molecule has 0 radical (unpaired) electrons. The van der Waals surface area contributed by atoms with Gasteiger partial charge < -0.3 is 9.84 Å². The summed E-state index contributed by atoms with van der Waals surface area (Å²) in [6, 6.07) is 1.95. The Labute approximate surface area is 108 Å². The molecule has 0 spiro atoms. The lowest BCUT2D eigenvalue weighted by Gasteiger charge is -2.14. The molecule has 0 atom stereocenters. The van der Waals surface area contributed by atoms with Crippen molar-refractivity contribution in [2.24, 2.45) is 5.10 Å². The largest absolute Gasteiger partial charge is 0.870 e. The Morgan fingerprint density at radius 1 is 1.47 bits per heavy atom. The molecule has 0 aliphatic carbocycles. The number of nitrogens with one attached hydrogen (secondary N) is 1. The fourth-order valence-electron chi connectivity index (χ4n) is 1.15. The van der Waals surface area contributed by atoms with E-state index in [0.29, 0.717) is 0 Å². The van der Waals surface area contributed by atoms with Gasteiger partial charge in [-0.05, 0) is 5.56 Å². The molecule has 0 saturated heterocycles. The highest BCUT2D eigenvalue weighted by Gasteiger charge is 2.11. The van der Waals surface area contributed by atoms with Crippen molar-refractivity contribution in [1.82, 2.24) is 4.83 Å². The molecule has 0 aromatic heterocycles. The van der Waals surface area contributed by atoms with Crippen molar-refractivity contribution >= 4 is 21.9 Å². The zero-order valence-corrected chi connectivity index (χ0v) is 10.8. The minimum atomic E-state index is -3.56. The van der Waals surface area contributed by atoms with Crippen LogP contribution in [0.15, 0.2) is 17.2 Å². The first-order chi connectivity index (χ1) is 8.74. The predicted octanol–water partition coefficient (Wildman–Crippen LogP) is -0.440. The van der Waals surface area contributed by atoms with Crippen LogP contribution in [-0.2, 0) is 10.0 Å². The zero-order valence-electron chi connectivity index (χ0n) is 9.98. The Kier molecular flexibility index (Phi) is 4.27. The summed E-state index contributed by atoms with van der Waals surface area (Å²) in [5.41, 5.74) is -0.528. The third-order valence-electron chi connectivity index (χ3n) is 1.92. The van der Waals surface area contributed by atoms with Gasteiger partial charge in [0.2, 0.25) is 10.0 Å². The van der Waals surface area contributed by atoms with Gasteiger partial charge in [-0.3, -0.25) is 10.1 Å². The summed E-state index contributed by atoms with van der Waals surface area (Å²) in [6.07, 6.45) is 1.75.